The fourth-order valence-corrected chi connectivity index (χ4v) is 3.82. The number of carbonyl (C=O) groups is 1. The third-order valence-corrected chi connectivity index (χ3v) is 5.11. The zero-order chi connectivity index (χ0) is 15.2. The Balaban J connectivity index is 3.89. The van der Waals surface area contributed by atoms with Crippen molar-refractivity contribution < 1.29 is 18.8 Å². The van der Waals surface area contributed by atoms with Crippen LogP contribution in [0, 0.1) is 0 Å². The van der Waals surface area contributed by atoms with Gasteiger partial charge in [-0.3, -0.25) is 4.79 Å². The summed E-state index contributed by atoms with van der Waals surface area (Å²) in [5.41, 5.74) is 0. The van der Waals surface area contributed by atoms with Crippen molar-refractivity contribution >= 4 is 15.3 Å². The Morgan fingerprint density at radius 1 is 1.10 bits per heavy atom. The van der Waals surface area contributed by atoms with E-state index in [1.54, 1.807) is 0 Å². The Kier molecular flexibility index (Phi) is 13.3. The molecule has 0 amide bonds. The van der Waals surface area contributed by atoms with E-state index in [1.807, 2.05) is 0 Å². The molecule has 0 saturated carbocycles. The van der Waals surface area contributed by atoms with Crippen LogP contribution in [0.4, 0.5) is 0 Å². The first-order valence-corrected chi connectivity index (χ1v) is 9.57. The van der Waals surface area contributed by atoms with E-state index in [4.69, 9.17) is 14.0 Å². The van der Waals surface area contributed by atoms with Crippen LogP contribution in [0.3, 0.4) is 0 Å². The minimum absolute atomic E-state index is 0.216. The first kappa shape index (κ1) is 19.6. The Labute approximate surface area is 125 Å². The first-order valence-electron chi connectivity index (χ1n) is 7.81. The van der Waals surface area contributed by atoms with Gasteiger partial charge in [0.2, 0.25) is 0 Å². The summed E-state index contributed by atoms with van der Waals surface area (Å²) >= 11 is 0. The SMILES string of the molecule is CCCO[SiH](CCCN(CC)CCC(=O)O)OCCC. The van der Waals surface area contributed by atoms with Crippen molar-refractivity contribution in [1.82, 2.24) is 4.90 Å². The monoisotopic (exact) mass is 305 g/mol. The summed E-state index contributed by atoms with van der Waals surface area (Å²) in [5.74, 6) is -0.728. The van der Waals surface area contributed by atoms with Gasteiger partial charge in [-0.1, -0.05) is 20.8 Å². The molecule has 0 saturated heterocycles. The number of hydrogen-bond donors (Lipinski definition) is 1. The molecule has 0 fully saturated rings. The molecule has 0 rings (SSSR count). The molecule has 0 aliphatic rings. The van der Waals surface area contributed by atoms with Crippen LogP contribution in [0.2, 0.25) is 6.04 Å². The predicted molar refractivity (Wildman–Crippen MR) is 83.4 cm³/mol. The number of rotatable bonds is 14. The summed E-state index contributed by atoms with van der Waals surface area (Å²) < 4.78 is 11.6. The molecule has 1 N–H and O–H groups in total. The Morgan fingerprint density at radius 2 is 1.70 bits per heavy atom. The van der Waals surface area contributed by atoms with Gasteiger partial charge in [-0.15, -0.1) is 0 Å². The lowest BCUT2D eigenvalue weighted by molar-refractivity contribution is -0.137. The molecule has 0 bridgehead atoms. The maximum Gasteiger partial charge on any atom is 0.321 e. The van der Waals surface area contributed by atoms with Crippen LogP contribution in [0.1, 0.15) is 46.5 Å². The first-order chi connectivity index (χ1) is 9.63. The minimum atomic E-state index is -1.52. The second-order valence-electron chi connectivity index (χ2n) is 4.89. The van der Waals surface area contributed by atoms with Crippen molar-refractivity contribution in [2.75, 3.05) is 32.8 Å². The molecule has 120 valence electrons. The van der Waals surface area contributed by atoms with E-state index in [1.165, 1.54) is 0 Å². The van der Waals surface area contributed by atoms with Crippen LogP contribution in [-0.4, -0.2) is 58.1 Å². The maximum absolute atomic E-state index is 10.6. The number of carboxylic acid groups (broad SMARTS) is 1. The Hall–Kier alpha value is -0.433. The summed E-state index contributed by atoms with van der Waals surface area (Å²) in [6.45, 7) is 10.3. The quantitative estimate of drug-likeness (QED) is 0.499. The smallest absolute Gasteiger partial charge is 0.321 e. The highest BCUT2D eigenvalue weighted by atomic mass is 28.3. The molecule has 0 heterocycles. The summed E-state index contributed by atoms with van der Waals surface area (Å²) in [5, 5.41) is 8.71. The van der Waals surface area contributed by atoms with E-state index in [9.17, 15) is 4.79 Å². The summed E-state index contributed by atoms with van der Waals surface area (Å²) in [6.07, 6.45) is 3.29. The van der Waals surface area contributed by atoms with Crippen molar-refractivity contribution in [2.45, 2.75) is 52.5 Å². The van der Waals surface area contributed by atoms with Crippen LogP contribution in [0.25, 0.3) is 0 Å². The second-order valence-corrected chi connectivity index (χ2v) is 6.99. The highest BCUT2D eigenvalue weighted by Crippen LogP contribution is 2.05. The fraction of sp³-hybridized carbons (Fsp3) is 0.929. The average molecular weight is 305 g/mol. The standard InChI is InChI=1S/C14H31NO4Si/c1-4-11-18-20(19-12-5-2)13-7-9-15(6-3)10-8-14(16)17/h20H,4-13H2,1-3H3,(H,16,17). The molecule has 20 heavy (non-hydrogen) atoms. The van der Waals surface area contributed by atoms with Crippen LogP contribution in [-0.2, 0) is 13.6 Å². The van der Waals surface area contributed by atoms with Crippen molar-refractivity contribution in [3.05, 3.63) is 0 Å². The van der Waals surface area contributed by atoms with E-state index >= 15 is 0 Å². The number of carboxylic acids is 1. The maximum atomic E-state index is 10.6. The van der Waals surface area contributed by atoms with Gasteiger partial charge in [-0.05, 0) is 38.4 Å². The van der Waals surface area contributed by atoms with Crippen LogP contribution >= 0.6 is 0 Å². The molecular formula is C14H31NO4Si. The molecule has 0 aromatic heterocycles. The Bertz CT molecular complexity index is 233. The van der Waals surface area contributed by atoms with Gasteiger partial charge in [0, 0.05) is 19.8 Å². The molecule has 5 nitrogen and oxygen atoms in total. The van der Waals surface area contributed by atoms with E-state index in [-0.39, 0.29) is 6.42 Å². The van der Waals surface area contributed by atoms with Gasteiger partial charge in [0.15, 0.2) is 0 Å². The van der Waals surface area contributed by atoms with Gasteiger partial charge >= 0.3 is 15.3 Å². The van der Waals surface area contributed by atoms with Crippen molar-refractivity contribution in [3.8, 4) is 0 Å². The van der Waals surface area contributed by atoms with E-state index in [2.05, 4.69) is 25.7 Å². The van der Waals surface area contributed by atoms with Crippen LogP contribution < -0.4 is 0 Å². The van der Waals surface area contributed by atoms with E-state index in [0.717, 1.165) is 51.6 Å². The van der Waals surface area contributed by atoms with Crippen molar-refractivity contribution in [1.29, 1.82) is 0 Å². The Morgan fingerprint density at radius 3 is 2.15 bits per heavy atom. The van der Waals surface area contributed by atoms with Gasteiger partial charge in [0.05, 0.1) is 6.42 Å². The van der Waals surface area contributed by atoms with Gasteiger partial charge in [-0.2, -0.15) is 0 Å². The number of aliphatic carboxylic acids is 1. The molecule has 0 unspecified atom stereocenters. The van der Waals surface area contributed by atoms with Gasteiger partial charge in [-0.25, -0.2) is 0 Å². The molecule has 0 aromatic carbocycles. The minimum Gasteiger partial charge on any atom is -0.481 e. The van der Waals surface area contributed by atoms with Crippen molar-refractivity contribution in [2.24, 2.45) is 0 Å². The number of nitrogens with zero attached hydrogens (tertiary/aromatic N) is 1. The average Bonchev–Trinajstić information content (AvgIpc) is 2.44. The highest BCUT2D eigenvalue weighted by Gasteiger charge is 2.14. The lowest BCUT2D eigenvalue weighted by Gasteiger charge is -2.21. The lowest BCUT2D eigenvalue weighted by atomic mass is 10.3. The van der Waals surface area contributed by atoms with Gasteiger partial charge in [0.25, 0.3) is 0 Å². The topological polar surface area (TPSA) is 59.0 Å². The van der Waals surface area contributed by atoms with Gasteiger partial charge in [0.1, 0.15) is 0 Å². The number of hydrogen-bond acceptors (Lipinski definition) is 4. The molecule has 0 aliphatic heterocycles. The fourth-order valence-electron chi connectivity index (χ4n) is 1.88. The summed E-state index contributed by atoms with van der Waals surface area (Å²) in [4.78, 5) is 12.8. The zero-order valence-electron chi connectivity index (χ0n) is 13.3. The van der Waals surface area contributed by atoms with E-state index in [0.29, 0.717) is 6.54 Å². The molecule has 0 aliphatic carbocycles. The van der Waals surface area contributed by atoms with Crippen LogP contribution in [0.15, 0.2) is 0 Å². The molecule has 6 heteroatoms. The normalized spacial score (nSPS) is 11.4. The van der Waals surface area contributed by atoms with Crippen LogP contribution in [0.5, 0.6) is 0 Å². The largest absolute Gasteiger partial charge is 0.481 e. The molecular weight excluding hydrogens is 274 g/mol. The third kappa shape index (κ3) is 11.4. The lowest BCUT2D eigenvalue weighted by Crippen LogP contribution is -2.29. The summed E-state index contributed by atoms with van der Waals surface area (Å²) in [6, 6.07) is 1.00. The predicted octanol–water partition coefficient (Wildman–Crippen LogP) is 2.25. The zero-order valence-corrected chi connectivity index (χ0v) is 14.4. The molecule has 0 radical (unpaired) electrons. The van der Waals surface area contributed by atoms with E-state index < -0.39 is 15.3 Å². The summed E-state index contributed by atoms with van der Waals surface area (Å²) in [7, 11) is -1.52. The molecule has 0 atom stereocenters. The highest BCUT2D eigenvalue weighted by molar-refractivity contribution is 6.44. The molecule has 0 aromatic rings. The second kappa shape index (κ2) is 13.5. The van der Waals surface area contributed by atoms with Crippen molar-refractivity contribution in [3.63, 3.8) is 0 Å². The van der Waals surface area contributed by atoms with Gasteiger partial charge < -0.3 is 18.9 Å². The molecule has 0 spiro atoms. The third-order valence-electron chi connectivity index (χ3n) is 3.02.